The highest BCUT2D eigenvalue weighted by molar-refractivity contribution is 5.96. The van der Waals surface area contributed by atoms with E-state index in [1.807, 2.05) is 0 Å². The average Bonchev–Trinajstić information content (AvgIpc) is 3.05. The highest BCUT2D eigenvalue weighted by Crippen LogP contribution is 2.12. The molecular weight excluding hydrogens is 366 g/mol. The van der Waals surface area contributed by atoms with Crippen LogP contribution in [-0.2, 0) is 6.54 Å². The van der Waals surface area contributed by atoms with Gasteiger partial charge in [-0.25, -0.2) is 27.9 Å². The molecule has 0 aliphatic rings. The molecule has 3 N–H and O–H groups in total. The van der Waals surface area contributed by atoms with Crippen LogP contribution in [0.1, 0.15) is 37.0 Å². The van der Waals surface area contributed by atoms with E-state index in [4.69, 9.17) is 5.11 Å². The third-order valence-corrected chi connectivity index (χ3v) is 3.54. The van der Waals surface area contributed by atoms with Crippen LogP contribution in [0.5, 0.6) is 0 Å². The van der Waals surface area contributed by atoms with Gasteiger partial charge in [-0.15, -0.1) is 0 Å². The minimum Gasteiger partial charge on any atom is -0.477 e. The molecule has 0 aliphatic carbocycles. The van der Waals surface area contributed by atoms with Crippen molar-refractivity contribution in [2.45, 2.75) is 6.54 Å². The van der Waals surface area contributed by atoms with E-state index >= 15 is 0 Å². The minimum absolute atomic E-state index is 0.148. The van der Waals surface area contributed by atoms with Crippen LogP contribution in [0, 0.1) is 11.6 Å². The number of aromatic nitrogens is 3. The monoisotopic (exact) mass is 376 g/mol. The fraction of sp³-hybridized carbons (Fsp3) is 0.0625. The van der Waals surface area contributed by atoms with E-state index in [1.54, 1.807) is 0 Å². The third-order valence-electron chi connectivity index (χ3n) is 3.54. The molecule has 2 heterocycles. The molecule has 3 rings (SSSR count). The van der Waals surface area contributed by atoms with Crippen LogP contribution in [-0.4, -0.2) is 42.7 Å². The van der Waals surface area contributed by atoms with E-state index in [2.05, 4.69) is 15.4 Å². The molecule has 138 valence electrons. The van der Waals surface area contributed by atoms with Crippen LogP contribution in [0.15, 0.2) is 30.3 Å². The molecule has 0 fully saturated rings. The molecule has 0 aliphatic heterocycles. The SMILES string of the molecule is O=C(O)c1cc2nc(C(=O)NCc3ccc(F)c(F)c3)cc(C(=O)O)n2n1. The summed E-state index contributed by atoms with van der Waals surface area (Å²) >= 11 is 0. The first kappa shape index (κ1) is 17.9. The number of nitrogens with one attached hydrogen (secondary N) is 1. The number of carbonyl (C=O) groups excluding carboxylic acids is 1. The lowest BCUT2D eigenvalue weighted by atomic mass is 10.2. The highest BCUT2D eigenvalue weighted by Gasteiger charge is 2.20. The second-order valence-corrected chi connectivity index (χ2v) is 5.37. The van der Waals surface area contributed by atoms with Crippen molar-refractivity contribution in [2.24, 2.45) is 0 Å². The molecule has 0 radical (unpaired) electrons. The predicted molar refractivity (Wildman–Crippen MR) is 84.4 cm³/mol. The van der Waals surface area contributed by atoms with Crippen LogP contribution in [0.4, 0.5) is 8.78 Å². The minimum atomic E-state index is -1.45. The maximum absolute atomic E-state index is 13.2. The summed E-state index contributed by atoms with van der Waals surface area (Å²) in [5, 5.41) is 24.2. The van der Waals surface area contributed by atoms with Gasteiger partial charge >= 0.3 is 11.9 Å². The lowest BCUT2D eigenvalue weighted by Crippen LogP contribution is -2.25. The summed E-state index contributed by atoms with van der Waals surface area (Å²) in [5.41, 5.74) is -1.08. The zero-order valence-corrected chi connectivity index (χ0v) is 13.3. The van der Waals surface area contributed by atoms with Crippen molar-refractivity contribution in [3.05, 3.63) is 64.6 Å². The molecular formula is C16H10F2N4O5. The molecule has 0 unspecified atom stereocenters. The number of carboxylic acid groups (broad SMARTS) is 2. The molecule has 0 spiro atoms. The molecule has 0 saturated carbocycles. The first-order valence-electron chi connectivity index (χ1n) is 7.36. The van der Waals surface area contributed by atoms with Crippen molar-refractivity contribution in [2.75, 3.05) is 0 Å². The van der Waals surface area contributed by atoms with Crippen molar-refractivity contribution >= 4 is 23.5 Å². The first-order chi connectivity index (χ1) is 12.8. The molecule has 11 heteroatoms. The number of carboxylic acids is 2. The number of amides is 1. The van der Waals surface area contributed by atoms with Crippen LogP contribution in [0.25, 0.3) is 5.65 Å². The Kier molecular flexibility index (Phi) is 4.50. The van der Waals surface area contributed by atoms with Gasteiger partial charge in [0.25, 0.3) is 5.91 Å². The van der Waals surface area contributed by atoms with E-state index in [-0.39, 0.29) is 23.4 Å². The lowest BCUT2D eigenvalue weighted by molar-refractivity contribution is 0.0671. The van der Waals surface area contributed by atoms with Gasteiger partial charge in [0.05, 0.1) is 0 Å². The number of carbonyl (C=O) groups is 3. The van der Waals surface area contributed by atoms with Gasteiger partial charge < -0.3 is 15.5 Å². The molecule has 3 aromatic rings. The van der Waals surface area contributed by atoms with Crippen LogP contribution < -0.4 is 5.32 Å². The molecule has 27 heavy (non-hydrogen) atoms. The number of hydrogen-bond donors (Lipinski definition) is 3. The largest absolute Gasteiger partial charge is 0.477 e. The van der Waals surface area contributed by atoms with Gasteiger partial charge in [0.15, 0.2) is 28.7 Å². The van der Waals surface area contributed by atoms with Crippen molar-refractivity contribution in [1.82, 2.24) is 19.9 Å². The normalized spacial score (nSPS) is 10.7. The number of halogens is 2. The quantitative estimate of drug-likeness (QED) is 0.612. The smallest absolute Gasteiger partial charge is 0.356 e. The van der Waals surface area contributed by atoms with Gasteiger partial charge in [0, 0.05) is 18.7 Å². The van der Waals surface area contributed by atoms with Gasteiger partial charge in [0.2, 0.25) is 0 Å². The Morgan fingerprint density at radius 2 is 1.74 bits per heavy atom. The maximum Gasteiger partial charge on any atom is 0.356 e. The van der Waals surface area contributed by atoms with Crippen LogP contribution in [0.2, 0.25) is 0 Å². The average molecular weight is 376 g/mol. The Labute approximate surface area is 148 Å². The van der Waals surface area contributed by atoms with Crippen LogP contribution in [0.3, 0.4) is 0 Å². The Morgan fingerprint density at radius 3 is 2.37 bits per heavy atom. The Balaban J connectivity index is 1.90. The maximum atomic E-state index is 13.2. The number of benzene rings is 1. The number of hydrogen-bond acceptors (Lipinski definition) is 5. The van der Waals surface area contributed by atoms with E-state index in [1.165, 1.54) is 6.07 Å². The number of rotatable bonds is 5. The zero-order chi connectivity index (χ0) is 19.7. The Bertz CT molecular complexity index is 1100. The second-order valence-electron chi connectivity index (χ2n) is 5.37. The summed E-state index contributed by atoms with van der Waals surface area (Å²) in [7, 11) is 0. The Morgan fingerprint density at radius 1 is 1.00 bits per heavy atom. The number of aromatic carboxylic acids is 2. The summed E-state index contributed by atoms with van der Waals surface area (Å²) < 4.78 is 26.9. The zero-order valence-electron chi connectivity index (χ0n) is 13.3. The van der Waals surface area contributed by atoms with Gasteiger partial charge in [-0.3, -0.25) is 4.79 Å². The third kappa shape index (κ3) is 3.56. The van der Waals surface area contributed by atoms with Gasteiger partial charge in [-0.05, 0) is 17.7 Å². The number of fused-ring (bicyclic) bond motifs is 1. The Hall–Kier alpha value is -3.89. The van der Waals surface area contributed by atoms with Crippen molar-refractivity contribution in [3.63, 3.8) is 0 Å². The van der Waals surface area contributed by atoms with Crippen molar-refractivity contribution < 1.29 is 33.4 Å². The van der Waals surface area contributed by atoms with E-state index < -0.39 is 40.9 Å². The molecule has 2 aromatic heterocycles. The topological polar surface area (TPSA) is 134 Å². The molecule has 1 aromatic carbocycles. The summed E-state index contributed by atoms with van der Waals surface area (Å²) in [5.74, 6) is -5.73. The molecule has 0 bridgehead atoms. The lowest BCUT2D eigenvalue weighted by Gasteiger charge is -2.07. The van der Waals surface area contributed by atoms with E-state index in [0.29, 0.717) is 0 Å². The standard InChI is InChI=1S/C16H10F2N4O5/c17-8-2-1-7(3-9(8)18)6-19-14(23)10-4-12(16(26)27)22-13(20-10)5-11(21-22)15(24)25/h1-5H,6H2,(H,19,23)(H,24,25)(H,26,27). The summed E-state index contributed by atoms with van der Waals surface area (Å²) in [6, 6.07) is 5.03. The van der Waals surface area contributed by atoms with Crippen LogP contribution >= 0.6 is 0 Å². The van der Waals surface area contributed by atoms with E-state index in [0.717, 1.165) is 28.8 Å². The fourth-order valence-corrected chi connectivity index (χ4v) is 2.27. The fourth-order valence-electron chi connectivity index (χ4n) is 2.27. The summed E-state index contributed by atoms with van der Waals surface area (Å²) in [4.78, 5) is 38.5. The number of nitrogens with zero attached hydrogens (tertiary/aromatic N) is 3. The molecule has 9 nitrogen and oxygen atoms in total. The van der Waals surface area contributed by atoms with Gasteiger partial charge in [-0.1, -0.05) is 6.07 Å². The van der Waals surface area contributed by atoms with E-state index in [9.17, 15) is 28.3 Å². The predicted octanol–water partition coefficient (Wildman–Crippen LogP) is 1.33. The molecule has 0 atom stereocenters. The van der Waals surface area contributed by atoms with Gasteiger partial charge in [0.1, 0.15) is 5.69 Å². The molecule has 1 amide bonds. The highest BCUT2D eigenvalue weighted by atomic mass is 19.2. The first-order valence-corrected chi connectivity index (χ1v) is 7.36. The summed E-state index contributed by atoms with van der Waals surface area (Å²) in [6.45, 7) is -0.162. The summed E-state index contributed by atoms with van der Waals surface area (Å²) in [6.07, 6.45) is 0. The molecule has 0 saturated heterocycles. The second kappa shape index (κ2) is 6.78. The van der Waals surface area contributed by atoms with Crippen molar-refractivity contribution in [1.29, 1.82) is 0 Å². The van der Waals surface area contributed by atoms with Crippen molar-refractivity contribution in [3.8, 4) is 0 Å². The van der Waals surface area contributed by atoms with Gasteiger partial charge in [-0.2, -0.15) is 5.10 Å².